The van der Waals surface area contributed by atoms with Gasteiger partial charge in [0.1, 0.15) is 0 Å². The average Bonchev–Trinajstić information content (AvgIpc) is 2.83. The normalized spacial score (nSPS) is 18.2. The topological polar surface area (TPSA) is 55.3 Å². The van der Waals surface area contributed by atoms with Crippen molar-refractivity contribution in [3.8, 4) is 0 Å². The van der Waals surface area contributed by atoms with Gasteiger partial charge in [-0.2, -0.15) is 0 Å². The Kier molecular flexibility index (Phi) is 4.61. The number of carbonyl (C=O) groups excluding carboxylic acids is 1. The number of methoxy groups -OCH3 is 1. The van der Waals surface area contributed by atoms with Crippen molar-refractivity contribution in [2.75, 3.05) is 26.8 Å². The maximum absolute atomic E-state index is 12.5. The molecule has 2 N–H and O–H groups in total. The van der Waals surface area contributed by atoms with Crippen LogP contribution in [0.25, 0.3) is 0 Å². The summed E-state index contributed by atoms with van der Waals surface area (Å²) in [5, 5.41) is 6.35. The molecule has 2 heterocycles. The van der Waals surface area contributed by atoms with Crippen LogP contribution in [0, 0.1) is 5.41 Å². The first-order valence-corrected chi connectivity index (χ1v) is 6.76. The molecule has 1 amide bonds. The highest BCUT2D eigenvalue weighted by molar-refractivity contribution is 5.82. The van der Waals surface area contributed by atoms with Crippen molar-refractivity contribution in [3.05, 3.63) is 24.0 Å². The zero-order valence-corrected chi connectivity index (χ0v) is 11.7. The highest BCUT2D eigenvalue weighted by Crippen LogP contribution is 2.29. The van der Waals surface area contributed by atoms with Crippen LogP contribution in [0.15, 0.2) is 18.3 Å². The molecular formula is C14H23N3O2. The number of carbonyl (C=O) groups is 1. The van der Waals surface area contributed by atoms with Gasteiger partial charge in [-0.05, 0) is 38.1 Å². The van der Waals surface area contributed by atoms with E-state index in [0.717, 1.165) is 31.6 Å². The molecule has 5 nitrogen and oxygen atoms in total. The fourth-order valence-electron chi connectivity index (χ4n) is 2.66. The lowest BCUT2D eigenvalue weighted by atomic mass is 9.78. The molecule has 106 valence electrons. The van der Waals surface area contributed by atoms with Crippen LogP contribution in [0.1, 0.15) is 18.5 Å². The van der Waals surface area contributed by atoms with E-state index in [1.165, 1.54) is 0 Å². The Morgan fingerprint density at radius 1 is 1.53 bits per heavy atom. The number of rotatable bonds is 5. The van der Waals surface area contributed by atoms with Gasteiger partial charge in [-0.1, -0.05) is 0 Å². The van der Waals surface area contributed by atoms with Crippen LogP contribution >= 0.6 is 0 Å². The van der Waals surface area contributed by atoms with Crippen LogP contribution in [0.3, 0.4) is 0 Å². The summed E-state index contributed by atoms with van der Waals surface area (Å²) >= 11 is 0. The summed E-state index contributed by atoms with van der Waals surface area (Å²) in [7, 11) is 3.64. The molecule has 1 aliphatic heterocycles. The predicted octanol–water partition coefficient (Wildman–Crippen LogP) is 0.657. The van der Waals surface area contributed by atoms with Crippen LogP contribution in [0.4, 0.5) is 0 Å². The first-order valence-electron chi connectivity index (χ1n) is 6.76. The van der Waals surface area contributed by atoms with Gasteiger partial charge in [-0.3, -0.25) is 4.79 Å². The smallest absolute Gasteiger partial charge is 0.228 e. The van der Waals surface area contributed by atoms with Crippen LogP contribution < -0.4 is 10.6 Å². The molecule has 1 saturated heterocycles. The van der Waals surface area contributed by atoms with Crippen molar-refractivity contribution in [1.82, 2.24) is 15.2 Å². The van der Waals surface area contributed by atoms with Crippen LogP contribution in [-0.2, 0) is 23.1 Å². The molecule has 0 aliphatic carbocycles. The molecule has 1 fully saturated rings. The summed E-state index contributed by atoms with van der Waals surface area (Å²) < 4.78 is 7.29. The summed E-state index contributed by atoms with van der Waals surface area (Å²) in [5.41, 5.74) is 0.736. The zero-order chi connectivity index (χ0) is 13.7. The highest BCUT2D eigenvalue weighted by Gasteiger charge is 2.39. The monoisotopic (exact) mass is 265 g/mol. The molecule has 5 heteroatoms. The quantitative estimate of drug-likeness (QED) is 0.822. The molecule has 0 saturated carbocycles. The van der Waals surface area contributed by atoms with Crippen molar-refractivity contribution in [2.45, 2.75) is 19.4 Å². The van der Waals surface area contributed by atoms with E-state index in [4.69, 9.17) is 4.74 Å². The standard InChI is InChI=1S/C14H23N3O2/c1-17-9-3-4-12(17)10-16-13(18)14(11-19-2)5-7-15-8-6-14/h3-4,9,15H,5-8,10-11H2,1-2H3,(H,16,18). The Balaban J connectivity index is 1.97. The number of aryl methyl sites for hydroxylation is 1. The van der Waals surface area contributed by atoms with Gasteiger partial charge in [0.05, 0.1) is 18.6 Å². The molecular weight excluding hydrogens is 242 g/mol. The summed E-state index contributed by atoms with van der Waals surface area (Å²) in [6.07, 6.45) is 3.65. The predicted molar refractivity (Wildman–Crippen MR) is 73.7 cm³/mol. The lowest BCUT2D eigenvalue weighted by Crippen LogP contribution is -2.50. The van der Waals surface area contributed by atoms with E-state index in [1.54, 1.807) is 7.11 Å². The van der Waals surface area contributed by atoms with Gasteiger partial charge in [0.15, 0.2) is 0 Å². The van der Waals surface area contributed by atoms with E-state index in [2.05, 4.69) is 10.6 Å². The average molecular weight is 265 g/mol. The number of nitrogens with one attached hydrogen (secondary N) is 2. The number of amides is 1. The van der Waals surface area contributed by atoms with Crippen molar-refractivity contribution in [3.63, 3.8) is 0 Å². The first-order chi connectivity index (χ1) is 9.18. The maximum Gasteiger partial charge on any atom is 0.228 e. The molecule has 19 heavy (non-hydrogen) atoms. The molecule has 1 aliphatic rings. The first kappa shape index (κ1) is 14.1. The van der Waals surface area contributed by atoms with Gasteiger partial charge >= 0.3 is 0 Å². The van der Waals surface area contributed by atoms with Gasteiger partial charge < -0.3 is 19.9 Å². The van der Waals surface area contributed by atoms with Crippen LogP contribution in [-0.4, -0.2) is 37.3 Å². The number of hydrogen-bond donors (Lipinski definition) is 2. The third-order valence-corrected chi connectivity index (χ3v) is 3.94. The Morgan fingerprint density at radius 2 is 2.26 bits per heavy atom. The zero-order valence-electron chi connectivity index (χ0n) is 11.7. The summed E-state index contributed by atoms with van der Waals surface area (Å²) in [5.74, 6) is 0.108. The third-order valence-electron chi connectivity index (χ3n) is 3.94. The van der Waals surface area contributed by atoms with E-state index in [1.807, 2.05) is 29.9 Å². The van der Waals surface area contributed by atoms with Crippen molar-refractivity contribution >= 4 is 5.91 Å². The highest BCUT2D eigenvalue weighted by atomic mass is 16.5. The second-order valence-corrected chi connectivity index (χ2v) is 5.26. The summed E-state index contributed by atoms with van der Waals surface area (Å²) in [4.78, 5) is 12.5. The molecule has 0 aromatic carbocycles. The Hall–Kier alpha value is -1.33. The molecule has 0 bridgehead atoms. The second-order valence-electron chi connectivity index (χ2n) is 5.26. The molecule has 0 atom stereocenters. The number of nitrogens with zero attached hydrogens (tertiary/aromatic N) is 1. The van der Waals surface area contributed by atoms with E-state index in [-0.39, 0.29) is 11.3 Å². The third kappa shape index (κ3) is 3.16. The van der Waals surface area contributed by atoms with E-state index < -0.39 is 0 Å². The van der Waals surface area contributed by atoms with Gasteiger partial charge in [-0.15, -0.1) is 0 Å². The van der Waals surface area contributed by atoms with Crippen molar-refractivity contribution in [1.29, 1.82) is 0 Å². The molecule has 0 radical (unpaired) electrons. The van der Waals surface area contributed by atoms with Crippen molar-refractivity contribution in [2.24, 2.45) is 12.5 Å². The number of piperidine rings is 1. The second kappa shape index (κ2) is 6.21. The Labute approximate surface area is 114 Å². The fraction of sp³-hybridized carbons (Fsp3) is 0.643. The molecule has 0 unspecified atom stereocenters. The Morgan fingerprint density at radius 3 is 2.84 bits per heavy atom. The minimum absolute atomic E-state index is 0.108. The van der Waals surface area contributed by atoms with Gasteiger partial charge in [0.2, 0.25) is 5.91 Å². The largest absolute Gasteiger partial charge is 0.384 e. The lowest BCUT2D eigenvalue weighted by molar-refractivity contribution is -0.136. The van der Waals surface area contributed by atoms with E-state index in [9.17, 15) is 4.79 Å². The molecule has 2 rings (SSSR count). The SMILES string of the molecule is COCC1(C(=O)NCc2cccn2C)CCNCC1. The van der Waals surface area contributed by atoms with Gasteiger partial charge in [-0.25, -0.2) is 0 Å². The number of ether oxygens (including phenoxy) is 1. The maximum atomic E-state index is 12.5. The minimum Gasteiger partial charge on any atom is -0.384 e. The minimum atomic E-state index is -0.370. The van der Waals surface area contributed by atoms with E-state index >= 15 is 0 Å². The molecule has 1 aromatic heterocycles. The van der Waals surface area contributed by atoms with Gasteiger partial charge in [0.25, 0.3) is 0 Å². The van der Waals surface area contributed by atoms with Crippen LogP contribution in [0.5, 0.6) is 0 Å². The van der Waals surface area contributed by atoms with Crippen LogP contribution in [0.2, 0.25) is 0 Å². The molecule has 1 aromatic rings. The lowest BCUT2D eigenvalue weighted by Gasteiger charge is -2.35. The van der Waals surface area contributed by atoms with Crippen molar-refractivity contribution < 1.29 is 9.53 Å². The van der Waals surface area contributed by atoms with E-state index in [0.29, 0.717) is 13.2 Å². The number of hydrogen-bond acceptors (Lipinski definition) is 3. The Bertz CT molecular complexity index is 417. The fourth-order valence-corrected chi connectivity index (χ4v) is 2.66. The number of aromatic nitrogens is 1. The summed E-state index contributed by atoms with van der Waals surface area (Å²) in [6.45, 7) is 2.82. The molecule has 0 spiro atoms. The summed E-state index contributed by atoms with van der Waals surface area (Å²) in [6, 6.07) is 4.00. The van der Waals surface area contributed by atoms with Gasteiger partial charge in [0, 0.05) is 26.0 Å².